The molecule has 0 spiro atoms. The van der Waals surface area contributed by atoms with Crippen molar-refractivity contribution in [1.29, 1.82) is 0 Å². The second kappa shape index (κ2) is 5.50. The van der Waals surface area contributed by atoms with Crippen molar-refractivity contribution in [2.24, 2.45) is 0 Å². The van der Waals surface area contributed by atoms with Crippen molar-refractivity contribution in [1.82, 2.24) is 9.55 Å². The van der Waals surface area contributed by atoms with Crippen molar-refractivity contribution < 1.29 is 9.50 Å². The number of hydrogen-bond acceptors (Lipinski definition) is 2. The Kier molecular flexibility index (Phi) is 3.99. The van der Waals surface area contributed by atoms with Crippen molar-refractivity contribution in [3.05, 3.63) is 52.8 Å². The van der Waals surface area contributed by atoms with Gasteiger partial charge < -0.3 is 9.67 Å². The van der Waals surface area contributed by atoms with E-state index in [0.29, 0.717) is 12.0 Å². The molecule has 0 saturated heterocycles. The number of halogens is 2. The van der Waals surface area contributed by atoms with Crippen LogP contribution in [0.2, 0.25) is 5.02 Å². The van der Waals surface area contributed by atoms with Crippen LogP contribution in [0, 0.1) is 5.82 Å². The third kappa shape index (κ3) is 2.71. The van der Waals surface area contributed by atoms with Crippen LogP contribution in [0.25, 0.3) is 0 Å². The molecule has 0 radical (unpaired) electrons. The van der Waals surface area contributed by atoms with Crippen LogP contribution in [0.15, 0.2) is 30.6 Å². The molecule has 1 aromatic carbocycles. The van der Waals surface area contributed by atoms with Crippen LogP contribution in [-0.2, 0) is 13.0 Å². The minimum Gasteiger partial charge on any atom is -0.388 e. The van der Waals surface area contributed by atoms with Gasteiger partial charge in [0.05, 0.1) is 11.1 Å². The second-order valence-corrected chi connectivity index (χ2v) is 4.43. The molecule has 1 aromatic heterocycles. The van der Waals surface area contributed by atoms with E-state index in [0.717, 1.165) is 12.4 Å². The Morgan fingerprint density at radius 3 is 2.94 bits per heavy atom. The lowest BCUT2D eigenvalue weighted by molar-refractivity contribution is 0.174. The maximum atomic E-state index is 13.3. The predicted molar refractivity (Wildman–Crippen MR) is 68.0 cm³/mol. The Bertz CT molecular complexity index is 542. The summed E-state index contributed by atoms with van der Waals surface area (Å²) >= 11 is 5.60. The first-order valence-corrected chi connectivity index (χ1v) is 6.12. The van der Waals surface area contributed by atoms with Crippen LogP contribution in [0.1, 0.15) is 24.4 Å². The molecule has 0 fully saturated rings. The van der Waals surface area contributed by atoms with E-state index in [1.54, 1.807) is 12.3 Å². The fourth-order valence-electron chi connectivity index (χ4n) is 1.83. The molecule has 0 amide bonds. The molecule has 3 nitrogen and oxygen atoms in total. The van der Waals surface area contributed by atoms with Gasteiger partial charge >= 0.3 is 0 Å². The fourth-order valence-corrected chi connectivity index (χ4v) is 1.95. The number of aryl methyl sites for hydroxylation is 1. The quantitative estimate of drug-likeness (QED) is 0.926. The van der Waals surface area contributed by atoms with Crippen molar-refractivity contribution in [2.75, 3.05) is 0 Å². The Morgan fingerprint density at radius 1 is 1.50 bits per heavy atom. The molecular formula is C13H14ClFN2O. The van der Waals surface area contributed by atoms with E-state index >= 15 is 0 Å². The first-order valence-electron chi connectivity index (χ1n) is 5.74. The maximum Gasteiger partial charge on any atom is 0.142 e. The topological polar surface area (TPSA) is 38.0 Å². The Hall–Kier alpha value is -1.39. The molecule has 5 heteroatoms. The summed E-state index contributed by atoms with van der Waals surface area (Å²) in [5.74, 6) is 0.257. The number of hydrogen-bond donors (Lipinski definition) is 1. The fraction of sp³-hybridized carbons (Fsp3) is 0.308. The Morgan fingerprint density at radius 2 is 2.28 bits per heavy atom. The predicted octanol–water partition coefficient (Wildman–Crippen LogP) is 2.97. The van der Waals surface area contributed by atoms with Crippen molar-refractivity contribution >= 4 is 11.6 Å². The molecule has 0 bridgehead atoms. The van der Waals surface area contributed by atoms with E-state index in [-0.39, 0.29) is 5.02 Å². The number of imidazole rings is 1. The summed E-state index contributed by atoms with van der Waals surface area (Å²) in [6.07, 6.45) is 3.10. The lowest BCUT2D eigenvalue weighted by Gasteiger charge is -2.12. The Balaban J connectivity index is 2.16. The molecular weight excluding hydrogens is 255 g/mol. The number of aliphatic hydroxyl groups excluding tert-OH is 1. The van der Waals surface area contributed by atoms with Crippen LogP contribution in [0.3, 0.4) is 0 Å². The number of aliphatic hydroxyl groups is 1. The van der Waals surface area contributed by atoms with Crippen LogP contribution in [0.4, 0.5) is 4.39 Å². The minimum absolute atomic E-state index is 0.0565. The molecule has 18 heavy (non-hydrogen) atoms. The average Bonchev–Trinajstić information content (AvgIpc) is 2.79. The highest BCUT2D eigenvalue weighted by Gasteiger charge is 2.13. The zero-order chi connectivity index (χ0) is 13.1. The third-order valence-electron chi connectivity index (χ3n) is 2.85. The highest BCUT2D eigenvalue weighted by Crippen LogP contribution is 2.22. The SMILES string of the molecule is CCn1ccnc1CC(O)c1ccc(Cl)c(F)c1. The highest BCUT2D eigenvalue weighted by atomic mass is 35.5. The molecule has 2 rings (SSSR count). The summed E-state index contributed by atoms with van der Waals surface area (Å²) in [4.78, 5) is 4.18. The number of nitrogens with zero attached hydrogens (tertiary/aromatic N) is 2. The molecule has 96 valence electrons. The monoisotopic (exact) mass is 268 g/mol. The van der Waals surface area contributed by atoms with Gasteiger partial charge in [0.25, 0.3) is 0 Å². The van der Waals surface area contributed by atoms with E-state index in [1.807, 2.05) is 17.7 Å². The normalized spacial score (nSPS) is 12.7. The van der Waals surface area contributed by atoms with Gasteiger partial charge in [-0.1, -0.05) is 17.7 Å². The van der Waals surface area contributed by atoms with E-state index in [1.165, 1.54) is 12.1 Å². The summed E-state index contributed by atoms with van der Waals surface area (Å²) in [7, 11) is 0. The van der Waals surface area contributed by atoms with Gasteiger partial charge in [-0.15, -0.1) is 0 Å². The smallest absolute Gasteiger partial charge is 0.142 e. The van der Waals surface area contributed by atoms with Gasteiger partial charge in [0.15, 0.2) is 0 Å². The average molecular weight is 269 g/mol. The largest absolute Gasteiger partial charge is 0.388 e. The molecule has 1 atom stereocenters. The van der Waals surface area contributed by atoms with Crippen LogP contribution in [0.5, 0.6) is 0 Å². The van der Waals surface area contributed by atoms with Gasteiger partial charge in [0.2, 0.25) is 0 Å². The number of rotatable bonds is 4. The summed E-state index contributed by atoms with van der Waals surface area (Å²) in [6, 6.07) is 4.32. The summed E-state index contributed by atoms with van der Waals surface area (Å²) in [5, 5.41) is 10.1. The van der Waals surface area contributed by atoms with E-state index in [4.69, 9.17) is 11.6 Å². The summed E-state index contributed by atoms with van der Waals surface area (Å²) in [6.45, 7) is 2.79. The second-order valence-electron chi connectivity index (χ2n) is 4.02. The molecule has 1 unspecified atom stereocenters. The van der Waals surface area contributed by atoms with Gasteiger partial charge in [0, 0.05) is 25.4 Å². The standard InChI is InChI=1S/C13H14ClFN2O/c1-2-17-6-5-16-13(17)8-12(18)9-3-4-10(14)11(15)7-9/h3-7,12,18H,2,8H2,1H3. The third-order valence-corrected chi connectivity index (χ3v) is 3.15. The minimum atomic E-state index is -0.788. The lowest BCUT2D eigenvalue weighted by atomic mass is 10.1. The molecule has 0 aliphatic rings. The van der Waals surface area contributed by atoms with Crippen LogP contribution in [-0.4, -0.2) is 14.7 Å². The van der Waals surface area contributed by atoms with Gasteiger partial charge in [-0.3, -0.25) is 0 Å². The van der Waals surface area contributed by atoms with E-state index in [9.17, 15) is 9.50 Å². The highest BCUT2D eigenvalue weighted by molar-refractivity contribution is 6.30. The number of aromatic nitrogens is 2. The van der Waals surface area contributed by atoms with Crippen molar-refractivity contribution in [3.63, 3.8) is 0 Å². The lowest BCUT2D eigenvalue weighted by Crippen LogP contribution is -2.08. The van der Waals surface area contributed by atoms with E-state index in [2.05, 4.69) is 4.98 Å². The van der Waals surface area contributed by atoms with E-state index < -0.39 is 11.9 Å². The van der Waals surface area contributed by atoms with Crippen molar-refractivity contribution in [3.8, 4) is 0 Å². The zero-order valence-corrected chi connectivity index (χ0v) is 10.7. The number of benzene rings is 1. The zero-order valence-electron chi connectivity index (χ0n) is 9.98. The van der Waals surface area contributed by atoms with Gasteiger partial charge in [-0.2, -0.15) is 0 Å². The van der Waals surface area contributed by atoms with Crippen LogP contribution < -0.4 is 0 Å². The summed E-state index contributed by atoms with van der Waals surface area (Å²) < 4.78 is 15.2. The van der Waals surface area contributed by atoms with Crippen molar-refractivity contribution in [2.45, 2.75) is 26.0 Å². The van der Waals surface area contributed by atoms with Gasteiger partial charge in [-0.05, 0) is 24.6 Å². The molecule has 2 aromatic rings. The molecule has 1 N–H and O–H groups in total. The molecule has 0 saturated carbocycles. The maximum absolute atomic E-state index is 13.3. The molecule has 1 heterocycles. The van der Waals surface area contributed by atoms with Crippen LogP contribution >= 0.6 is 11.6 Å². The summed E-state index contributed by atoms with van der Waals surface area (Å²) in [5.41, 5.74) is 0.502. The first-order chi connectivity index (χ1) is 8.61. The Labute approximate surface area is 110 Å². The molecule has 0 aliphatic heterocycles. The molecule has 0 aliphatic carbocycles. The van der Waals surface area contributed by atoms with Gasteiger partial charge in [0.1, 0.15) is 11.6 Å². The first kappa shape index (κ1) is 13.1. The van der Waals surface area contributed by atoms with Gasteiger partial charge in [-0.25, -0.2) is 9.37 Å².